The molecule has 1 saturated heterocycles. The molecule has 2 heterocycles. The Balaban J connectivity index is 1.53. The van der Waals surface area contributed by atoms with Gasteiger partial charge in [0.05, 0.1) is 10.8 Å². The van der Waals surface area contributed by atoms with Gasteiger partial charge in [-0.25, -0.2) is 17.2 Å². The van der Waals surface area contributed by atoms with E-state index < -0.39 is 37.9 Å². The third-order valence-corrected chi connectivity index (χ3v) is 7.74. The van der Waals surface area contributed by atoms with E-state index in [4.69, 9.17) is 0 Å². The maximum absolute atomic E-state index is 13.5. The highest BCUT2D eigenvalue weighted by molar-refractivity contribution is 7.89. The number of carbonyl (C=O) groups is 1. The molecular formula is C20H21F2N3O3S. The fourth-order valence-electron chi connectivity index (χ4n) is 4.25. The Bertz CT molecular complexity index is 1010. The molecule has 1 aromatic carbocycles. The van der Waals surface area contributed by atoms with E-state index in [-0.39, 0.29) is 19.0 Å². The number of halogens is 2. The molecule has 2 aliphatic rings. The van der Waals surface area contributed by atoms with Gasteiger partial charge < -0.3 is 5.32 Å². The molecule has 1 N–H and O–H groups in total. The monoisotopic (exact) mass is 421 g/mol. The maximum atomic E-state index is 13.5. The van der Waals surface area contributed by atoms with Crippen LogP contribution in [0.15, 0.2) is 47.6 Å². The van der Waals surface area contributed by atoms with Gasteiger partial charge in [-0.15, -0.1) is 0 Å². The van der Waals surface area contributed by atoms with Gasteiger partial charge in [0.2, 0.25) is 15.9 Å². The van der Waals surface area contributed by atoms with Crippen molar-refractivity contribution >= 4 is 15.9 Å². The van der Waals surface area contributed by atoms with Crippen molar-refractivity contribution in [1.82, 2.24) is 14.6 Å². The normalized spacial score (nSPS) is 21.1. The largest absolute Gasteiger partial charge is 0.352 e. The van der Waals surface area contributed by atoms with E-state index in [2.05, 4.69) is 10.3 Å². The maximum Gasteiger partial charge on any atom is 0.243 e. The molecule has 0 bridgehead atoms. The second kappa shape index (κ2) is 7.46. The quantitative estimate of drug-likeness (QED) is 0.805. The first-order chi connectivity index (χ1) is 13.8. The Hall–Kier alpha value is -2.39. The number of nitrogens with one attached hydrogen (secondary N) is 1. The third kappa shape index (κ3) is 3.76. The van der Waals surface area contributed by atoms with E-state index in [1.807, 2.05) is 6.07 Å². The molecule has 29 heavy (non-hydrogen) atoms. The topological polar surface area (TPSA) is 79.4 Å². The molecule has 1 saturated carbocycles. The van der Waals surface area contributed by atoms with Crippen molar-refractivity contribution in [3.63, 3.8) is 0 Å². The highest BCUT2D eigenvalue weighted by atomic mass is 32.2. The number of hydrogen-bond donors (Lipinski definition) is 1. The lowest BCUT2D eigenvalue weighted by molar-refractivity contribution is -0.129. The lowest BCUT2D eigenvalue weighted by atomic mass is 9.62. The van der Waals surface area contributed by atoms with E-state index in [0.29, 0.717) is 12.6 Å². The van der Waals surface area contributed by atoms with Gasteiger partial charge >= 0.3 is 0 Å². The minimum Gasteiger partial charge on any atom is -0.352 e. The van der Waals surface area contributed by atoms with Crippen LogP contribution in [0.1, 0.15) is 24.8 Å². The summed E-state index contributed by atoms with van der Waals surface area (Å²) in [6, 6.07) is 5.86. The molecule has 9 heteroatoms. The summed E-state index contributed by atoms with van der Waals surface area (Å²) < 4.78 is 54.2. The highest BCUT2D eigenvalue weighted by Crippen LogP contribution is 2.52. The minimum absolute atomic E-state index is 0.000656. The number of aromatic nitrogens is 1. The second-order valence-corrected chi connectivity index (χ2v) is 9.69. The molecule has 4 rings (SSSR count). The standard InChI is InChI=1S/C20H21F2N3O3S/c21-15-7-16(22)9-17(8-15)29(27,28)25-12-18(20(13-25)4-2-5-20)19(26)24-11-14-3-1-6-23-10-14/h1,3,6-10,18H,2,4-5,11-13H2,(H,24,26). The van der Waals surface area contributed by atoms with Crippen LogP contribution in [0.2, 0.25) is 0 Å². The van der Waals surface area contributed by atoms with Crippen molar-refractivity contribution in [3.05, 3.63) is 59.9 Å². The predicted molar refractivity (Wildman–Crippen MR) is 101 cm³/mol. The van der Waals surface area contributed by atoms with Crippen LogP contribution in [0.3, 0.4) is 0 Å². The van der Waals surface area contributed by atoms with Crippen molar-refractivity contribution < 1.29 is 22.0 Å². The van der Waals surface area contributed by atoms with E-state index >= 15 is 0 Å². The van der Waals surface area contributed by atoms with Gasteiger partial charge in [0.1, 0.15) is 11.6 Å². The minimum atomic E-state index is -4.10. The Labute approximate surface area is 168 Å². The molecule has 2 fully saturated rings. The van der Waals surface area contributed by atoms with E-state index in [1.54, 1.807) is 18.5 Å². The SMILES string of the molecule is O=C(NCc1cccnc1)C1CN(S(=O)(=O)c2cc(F)cc(F)c2)CC12CCC2. The number of carbonyl (C=O) groups excluding carboxylic acids is 1. The van der Waals surface area contributed by atoms with Crippen LogP contribution in [0.5, 0.6) is 0 Å². The zero-order chi connectivity index (χ0) is 20.6. The molecule has 6 nitrogen and oxygen atoms in total. The predicted octanol–water partition coefficient (Wildman–Crippen LogP) is 2.47. The molecule has 1 unspecified atom stereocenters. The Morgan fingerprint density at radius 3 is 2.55 bits per heavy atom. The number of nitrogens with zero attached hydrogens (tertiary/aromatic N) is 2. The summed E-state index contributed by atoms with van der Waals surface area (Å²) in [7, 11) is -4.10. The lowest BCUT2D eigenvalue weighted by Crippen LogP contribution is -2.45. The number of sulfonamides is 1. The molecule has 1 amide bonds. The number of amides is 1. The number of rotatable bonds is 5. The zero-order valence-electron chi connectivity index (χ0n) is 15.6. The summed E-state index contributed by atoms with van der Waals surface area (Å²) in [6.07, 6.45) is 5.73. The van der Waals surface area contributed by atoms with Crippen molar-refractivity contribution in [2.45, 2.75) is 30.7 Å². The molecule has 1 spiro atoms. The van der Waals surface area contributed by atoms with Gasteiger partial charge in [-0.05, 0) is 42.0 Å². The summed E-state index contributed by atoms with van der Waals surface area (Å²) >= 11 is 0. The summed E-state index contributed by atoms with van der Waals surface area (Å²) in [4.78, 5) is 16.4. The fourth-order valence-corrected chi connectivity index (χ4v) is 5.84. The molecule has 0 radical (unpaired) electrons. The molecule has 154 valence electrons. The first kappa shape index (κ1) is 19.9. The van der Waals surface area contributed by atoms with Crippen LogP contribution in [-0.2, 0) is 21.4 Å². The Morgan fingerprint density at radius 1 is 1.24 bits per heavy atom. The van der Waals surface area contributed by atoms with Crippen LogP contribution < -0.4 is 5.32 Å². The van der Waals surface area contributed by atoms with Crippen LogP contribution in [0, 0.1) is 23.0 Å². The zero-order valence-corrected chi connectivity index (χ0v) is 16.5. The summed E-state index contributed by atoms with van der Waals surface area (Å²) in [5, 5.41) is 2.87. The van der Waals surface area contributed by atoms with Crippen LogP contribution in [-0.4, -0.2) is 36.7 Å². The van der Waals surface area contributed by atoms with Crippen LogP contribution >= 0.6 is 0 Å². The molecule has 1 aromatic heterocycles. The van der Waals surface area contributed by atoms with Gasteiger partial charge in [0, 0.05) is 38.1 Å². The summed E-state index contributed by atoms with van der Waals surface area (Å²) in [5.74, 6) is -2.61. The van der Waals surface area contributed by atoms with Gasteiger partial charge in [-0.3, -0.25) is 9.78 Å². The Morgan fingerprint density at radius 2 is 1.97 bits per heavy atom. The highest BCUT2D eigenvalue weighted by Gasteiger charge is 2.55. The molecular weight excluding hydrogens is 400 g/mol. The van der Waals surface area contributed by atoms with E-state index in [0.717, 1.165) is 37.0 Å². The third-order valence-electron chi connectivity index (χ3n) is 5.95. The summed E-state index contributed by atoms with van der Waals surface area (Å²) in [5.41, 5.74) is 0.430. The van der Waals surface area contributed by atoms with Gasteiger partial charge in [-0.1, -0.05) is 12.5 Å². The van der Waals surface area contributed by atoms with Gasteiger partial charge in [0.15, 0.2) is 0 Å². The van der Waals surface area contributed by atoms with Gasteiger partial charge in [0.25, 0.3) is 0 Å². The number of hydrogen-bond acceptors (Lipinski definition) is 4. The van der Waals surface area contributed by atoms with Gasteiger partial charge in [-0.2, -0.15) is 4.31 Å². The summed E-state index contributed by atoms with van der Waals surface area (Å²) in [6.45, 7) is 0.485. The molecule has 1 atom stereocenters. The smallest absolute Gasteiger partial charge is 0.243 e. The molecule has 1 aliphatic heterocycles. The van der Waals surface area contributed by atoms with Crippen molar-refractivity contribution in [1.29, 1.82) is 0 Å². The Kier molecular flexibility index (Phi) is 5.12. The fraction of sp³-hybridized carbons (Fsp3) is 0.400. The average Bonchev–Trinajstić information content (AvgIpc) is 3.08. The van der Waals surface area contributed by atoms with Crippen molar-refractivity contribution in [3.8, 4) is 0 Å². The average molecular weight is 421 g/mol. The van der Waals surface area contributed by atoms with E-state index in [9.17, 15) is 22.0 Å². The van der Waals surface area contributed by atoms with Crippen molar-refractivity contribution in [2.75, 3.05) is 13.1 Å². The first-order valence-corrected chi connectivity index (χ1v) is 10.9. The first-order valence-electron chi connectivity index (χ1n) is 9.43. The molecule has 1 aliphatic carbocycles. The molecule has 2 aromatic rings. The lowest BCUT2D eigenvalue weighted by Gasteiger charge is -2.42. The second-order valence-electron chi connectivity index (χ2n) is 7.75. The van der Waals surface area contributed by atoms with Crippen LogP contribution in [0.4, 0.5) is 8.78 Å². The van der Waals surface area contributed by atoms with Crippen molar-refractivity contribution in [2.24, 2.45) is 11.3 Å². The number of pyridine rings is 1. The van der Waals surface area contributed by atoms with Crippen LogP contribution in [0.25, 0.3) is 0 Å². The number of benzene rings is 1. The van der Waals surface area contributed by atoms with E-state index in [1.165, 1.54) is 4.31 Å².